The van der Waals surface area contributed by atoms with Crippen molar-refractivity contribution >= 4 is 11.4 Å². The lowest BCUT2D eigenvalue weighted by atomic mass is 10.1. The van der Waals surface area contributed by atoms with Crippen molar-refractivity contribution in [2.45, 2.75) is 0 Å². The van der Waals surface area contributed by atoms with Crippen molar-refractivity contribution in [1.29, 1.82) is 0 Å². The molecule has 1 heterocycles. The number of rotatable bonds is 4. The zero-order valence-electron chi connectivity index (χ0n) is 12.1. The van der Waals surface area contributed by atoms with Gasteiger partial charge in [-0.3, -0.25) is 10.1 Å². The van der Waals surface area contributed by atoms with Crippen LogP contribution in [0.4, 0.5) is 11.4 Å². The summed E-state index contributed by atoms with van der Waals surface area (Å²) in [4.78, 5) is 10.4. The molecule has 116 valence electrons. The molecular weight excluding hydrogens is 300 g/mol. The zero-order valence-corrected chi connectivity index (χ0v) is 12.1. The van der Waals surface area contributed by atoms with E-state index in [2.05, 4.69) is 15.5 Å². The highest BCUT2D eigenvalue weighted by atomic mass is 16.6. The van der Waals surface area contributed by atoms with Gasteiger partial charge in [0.2, 0.25) is 0 Å². The lowest BCUT2D eigenvalue weighted by molar-refractivity contribution is -0.384. The fourth-order valence-corrected chi connectivity index (χ4v) is 2.15. The average Bonchev–Trinajstić information content (AvgIpc) is 3.04. The van der Waals surface area contributed by atoms with Crippen LogP contribution in [0.3, 0.4) is 0 Å². The van der Waals surface area contributed by atoms with E-state index in [1.54, 1.807) is 30.3 Å². The standard InChI is InChI=1S/C14H12N6O3/c1-23-13-6-5-9(7-12(13)15)14-16-17-18-19(14)10-3-2-4-11(8-10)20(21)22/h2-8H,15H2,1H3. The van der Waals surface area contributed by atoms with Crippen LogP contribution in [0, 0.1) is 10.1 Å². The van der Waals surface area contributed by atoms with Gasteiger partial charge in [0, 0.05) is 17.7 Å². The number of benzene rings is 2. The van der Waals surface area contributed by atoms with Gasteiger partial charge in [-0.05, 0) is 34.7 Å². The van der Waals surface area contributed by atoms with Gasteiger partial charge in [-0.2, -0.15) is 4.68 Å². The number of tetrazole rings is 1. The number of nitrogens with two attached hydrogens (primary N) is 1. The summed E-state index contributed by atoms with van der Waals surface area (Å²) in [5.74, 6) is 0.961. The van der Waals surface area contributed by atoms with E-state index in [1.165, 1.54) is 23.9 Å². The maximum Gasteiger partial charge on any atom is 0.271 e. The number of nitro groups is 1. The number of non-ortho nitro benzene ring substituents is 1. The first-order valence-corrected chi connectivity index (χ1v) is 6.57. The molecule has 2 N–H and O–H groups in total. The Morgan fingerprint density at radius 3 is 2.78 bits per heavy atom. The normalized spacial score (nSPS) is 10.5. The highest BCUT2D eigenvalue weighted by Gasteiger charge is 2.14. The predicted molar refractivity (Wildman–Crippen MR) is 82.2 cm³/mol. The first-order valence-electron chi connectivity index (χ1n) is 6.57. The van der Waals surface area contributed by atoms with E-state index in [0.29, 0.717) is 28.5 Å². The molecule has 0 aliphatic heterocycles. The number of hydrogen-bond acceptors (Lipinski definition) is 7. The summed E-state index contributed by atoms with van der Waals surface area (Å²) in [5.41, 5.74) is 7.44. The zero-order chi connectivity index (χ0) is 16.4. The van der Waals surface area contributed by atoms with Crippen LogP contribution < -0.4 is 10.5 Å². The summed E-state index contributed by atoms with van der Waals surface area (Å²) in [7, 11) is 1.53. The maximum absolute atomic E-state index is 10.9. The van der Waals surface area contributed by atoms with Crippen LogP contribution in [0.25, 0.3) is 17.1 Å². The Labute approximate surface area is 130 Å². The van der Waals surface area contributed by atoms with Crippen LogP contribution >= 0.6 is 0 Å². The molecule has 9 nitrogen and oxygen atoms in total. The van der Waals surface area contributed by atoms with E-state index in [4.69, 9.17) is 10.5 Å². The lowest BCUT2D eigenvalue weighted by Gasteiger charge is -2.08. The van der Waals surface area contributed by atoms with Gasteiger partial charge >= 0.3 is 0 Å². The number of aromatic nitrogens is 4. The minimum atomic E-state index is -0.473. The van der Waals surface area contributed by atoms with Crippen molar-refractivity contribution in [2.24, 2.45) is 0 Å². The van der Waals surface area contributed by atoms with Gasteiger partial charge in [0.15, 0.2) is 5.82 Å². The summed E-state index contributed by atoms with van der Waals surface area (Å²) >= 11 is 0. The molecule has 0 saturated carbocycles. The van der Waals surface area contributed by atoms with Gasteiger partial charge in [0.1, 0.15) is 5.75 Å². The first kappa shape index (κ1) is 14.4. The van der Waals surface area contributed by atoms with E-state index in [9.17, 15) is 10.1 Å². The Morgan fingerprint density at radius 2 is 2.09 bits per heavy atom. The third-order valence-corrected chi connectivity index (χ3v) is 3.24. The number of nitrogen functional groups attached to an aromatic ring is 1. The number of nitrogens with zero attached hydrogens (tertiary/aromatic N) is 5. The van der Waals surface area contributed by atoms with Crippen molar-refractivity contribution in [3.8, 4) is 22.8 Å². The lowest BCUT2D eigenvalue weighted by Crippen LogP contribution is -2.01. The topological polar surface area (TPSA) is 122 Å². The molecule has 0 spiro atoms. The second kappa shape index (κ2) is 5.72. The SMILES string of the molecule is COc1ccc(-c2nnnn2-c2cccc([N+](=O)[O-])c2)cc1N. The monoisotopic (exact) mass is 312 g/mol. The number of methoxy groups -OCH3 is 1. The molecule has 23 heavy (non-hydrogen) atoms. The van der Waals surface area contributed by atoms with Gasteiger partial charge in [-0.15, -0.1) is 5.10 Å². The van der Waals surface area contributed by atoms with Crippen LogP contribution in [0.2, 0.25) is 0 Å². The van der Waals surface area contributed by atoms with Crippen LogP contribution in [0.1, 0.15) is 0 Å². The molecule has 9 heteroatoms. The fourth-order valence-electron chi connectivity index (χ4n) is 2.15. The van der Waals surface area contributed by atoms with Gasteiger partial charge in [-0.25, -0.2) is 0 Å². The average molecular weight is 312 g/mol. The molecule has 0 radical (unpaired) electrons. The molecule has 0 aliphatic carbocycles. The molecule has 0 aliphatic rings. The Kier molecular flexibility index (Phi) is 3.59. The summed E-state index contributed by atoms with van der Waals surface area (Å²) in [6.07, 6.45) is 0. The number of ether oxygens (including phenoxy) is 1. The smallest absolute Gasteiger partial charge is 0.271 e. The van der Waals surface area contributed by atoms with Crippen molar-refractivity contribution in [3.05, 3.63) is 52.6 Å². The Morgan fingerprint density at radius 1 is 1.26 bits per heavy atom. The number of nitro benzene ring substituents is 1. The van der Waals surface area contributed by atoms with E-state index in [1.807, 2.05) is 0 Å². The number of anilines is 1. The molecule has 1 aromatic heterocycles. The summed E-state index contributed by atoms with van der Waals surface area (Å²) in [6.45, 7) is 0. The quantitative estimate of drug-likeness (QED) is 0.443. The van der Waals surface area contributed by atoms with Crippen molar-refractivity contribution in [1.82, 2.24) is 20.2 Å². The van der Waals surface area contributed by atoms with E-state index >= 15 is 0 Å². The van der Waals surface area contributed by atoms with Gasteiger partial charge in [-0.1, -0.05) is 6.07 Å². The molecule has 3 rings (SSSR count). The molecule has 0 unspecified atom stereocenters. The number of hydrogen-bond donors (Lipinski definition) is 1. The fraction of sp³-hybridized carbons (Fsp3) is 0.0714. The van der Waals surface area contributed by atoms with Crippen molar-refractivity contribution in [2.75, 3.05) is 12.8 Å². The van der Waals surface area contributed by atoms with E-state index in [0.717, 1.165) is 0 Å². The van der Waals surface area contributed by atoms with Crippen molar-refractivity contribution < 1.29 is 9.66 Å². The predicted octanol–water partition coefficient (Wildman–Crippen LogP) is 1.83. The summed E-state index contributed by atoms with van der Waals surface area (Å²) in [5, 5.41) is 22.4. The van der Waals surface area contributed by atoms with Crippen LogP contribution in [0.15, 0.2) is 42.5 Å². The minimum absolute atomic E-state index is 0.0433. The third-order valence-electron chi connectivity index (χ3n) is 3.24. The highest BCUT2D eigenvalue weighted by molar-refractivity contribution is 5.67. The molecule has 0 fully saturated rings. The summed E-state index contributed by atoms with van der Waals surface area (Å²) in [6, 6.07) is 11.2. The maximum atomic E-state index is 10.9. The van der Waals surface area contributed by atoms with E-state index < -0.39 is 4.92 Å². The Bertz CT molecular complexity index is 876. The molecule has 3 aromatic rings. The largest absolute Gasteiger partial charge is 0.495 e. The molecule has 0 bridgehead atoms. The second-order valence-electron chi connectivity index (χ2n) is 4.65. The first-order chi connectivity index (χ1) is 11.1. The minimum Gasteiger partial charge on any atom is -0.495 e. The summed E-state index contributed by atoms with van der Waals surface area (Å²) < 4.78 is 6.53. The highest BCUT2D eigenvalue weighted by Crippen LogP contribution is 2.28. The molecular formula is C14H12N6O3. The van der Waals surface area contributed by atoms with Gasteiger partial charge in [0.05, 0.1) is 23.4 Å². The van der Waals surface area contributed by atoms with Crippen LogP contribution in [0.5, 0.6) is 5.75 Å². The molecule has 0 amide bonds. The van der Waals surface area contributed by atoms with Gasteiger partial charge < -0.3 is 10.5 Å². The van der Waals surface area contributed by atoms with Gasteiger partial charge in [0.25, 0.3) is 5.69 Å². The second-order valence-corrected chi connectivity index (χ2v) is 4.65. The Hall–Kier alpha value is -3.49. The van der Waals surface area contributed by atoms with Crippen LogP contribution in [-0.4, -0.2) is 32.2 Å². The molecule has 2 aromatic carbocycles. The molecule has 0 atom stereocenters. The third kappa shape index (κ3) is 2.67. The Balaban J connectivity index is 2.08. The molecule has 0 saturated heterocycles. The van der Waals surface area contributed by atoms with E-state index in [-0.39, 0.29) is 5.69 Å². The van der Waals surface area contributed by atoms with Crippen LogP contribution in [-0.2, 0) is 0 Å². The van der Waals surface area contributed by atoms with Crippen molar-refractivity contribution in [3.63, 3.8) is 0 Å².